The topological polar surface area (TPSA) is 0 Å². The minimum absolute atomic E-state index is 0. The van der Waals surface area contributed by atoms with E-state index in [0.29, 0.717) is 0 Å². The van der Waals surface area contributed by atoms with Gasteiger partial charge in [0.2, 0.25) is 0 Å². The first kappa shape index (κ1) is 8.84. The molecule has 0 bridgehead atoms. The van der Waals surface area contributed by atoms with Gasteiger partial charge in [0.15, 0.2) is 0 Å². The van der Waals surface area contributed by atoms with Crippen molar-refractivity contribution in [2.75, 3.05) is 0 Å². The van der Waals surface area contributed by atoms with E-state index >= 15 is 0 Å². The van der Waals surface area contributed by atoms with Gasteiger partial charge in [-0.2, -0.15) is 0 Å². The molecule has 0 aromatic rings. The Labute approximate surface area is 46.3 Å². The molecule has 0 spiro atoms. The molecule has 0 nitrogen and oxygen atoms in total. The first-order valence-electron chi connectivity index (χ1n) is 0.543. The predicted molar refractivity (Wildman–Crippen MR) is 17.8 cm³/mol. The summed E-state index contributed by atoms with van der Waals surface area (Å²) >= 11 is 2.78. The molecular weight excluding hydrogens is 155 g/mol. The second-order valence-electron chi connectivity index (χ2n) is 0.134. The predicted octanol–water partition coefficient (Wildman–Crippen LogP) is 1.33. The second kappa shape index (κ2) is 9.19. The second-order valence-corrected chi connectivity index (χ2v) is 0.694. The van der Waals surface area contributed by atoms with Crippen molar-refractivity contribution >= 4 is 15.9 Å². The summed E-state index contributed by atoms with van der Waals surface area (Å²) in [6.45, 7) is 3.15. The van der Waals surface area contributed by atoms with Crippen LogP contribution in [0, 0.1) is 4.99 Å². The third kappa shape index (κ3) is 14.1. The number of hydrogen-bond donors (Lipinski definition) is 0. The molecule has 0 fully saturated rings. The van der Waals surface area contributed by atoms with Crippen molar-refractivity contribution in [1.29, 1.82) is 0 Å². The molecule has 1 radical (unpaired) electrons. The fourth-order valence-corrected chi connectivity index (χ4v) is 0. The maximum Gasteiger partial charge on any atom is 0 e. The minimum Gasteiger partial charge on any atom is -0.430 e. The molecule has 0 saturated carbocycles. The van der Waals surface area contributed by atoms with Gasteiger partial charge in [-0.25, -0.2) is 0 Å². The summed E-state index contributed by atoms with van der Waals surface area (Å²) in [5.41, 5.74) is 0. The van der Waals surface area contributed by atoms with E-state index in [9.17, 15) is 0 Å². The average Bonchev–Trinajstić information content (AvgIpc) is 0.918. The Balaban J connectivity index is 0. The Hall–Kier alpha value is 0.804. The fraction of sp³-hybridized carbons (Fsp3) is 0. The van der Waals surface area contributed by atoms with Crippen molar-refractivity contribution in [2.24, 2.45) is 0 Å². The van der Waals surface area contributed by atoms with Gasteiger partial charge in [-0.15, -0.1) is 0 Å². The molecular formula is C2H2BrV-. The van der Waals surface area contributed by atoms with Crippen LogP contribution >= 0.6 is 15.9 Å². The molecule has 0 atom stereocenters. The molecule has 0 rings (SSSR count). The molecule has 0 heterocycles. The van der Waals surface area contributed by atoms with E-state index in [-0.39, 0.29) is 18.6 Å². The fourth-order valence-electron chi connectivity index (χ4n) is 0. The van der Waals surface area contributed by atoms with Crippen LogP contribution in [0.2, 0.25) is 0 Å². The molecule has 0 aliphatic heterocycles. The Morgan fingerprint density at radius 3 is 1.75 bits per heavy atom. The Morgan fingerprint density at radius 1 is 1.75 bits per heavy atom. The van der Waals surface area contributed by atoms with Gasteiger partial charge in [0.05, 0.1) is 0 Å². The number of hydrogen-bond acceptors (Lipinski definition) is 0. The molecule has 0 aliphatic carbocycles. The van der Waals surface area contributed by atoms with Gasteiger partial charge in [0.1, 0.15) is 0 Å². The number of halogens is 1. The van der Waals surface area contributed by atoms with Crippen molar-refractivity contribution in [2.45, 2.75) is 0 Å². The summed E-state index contributed by atoms with van der Waals surface area (Å²) in [7, 11) is 0. The van der Waals surface area contributed by atoms with Crippen molar-refractivity contribution in [3.05, 3.63) is 11.6 Å². The third-order valence-electron chi connectivity index (χ3n) is 0. The molecule has 0 unspecified atom stereocenters. The van der Waals surface area contributed by atoms with E-state index in [0.717, 1.165) is 0 Å². The molecule has 23 valence electrons. The van der Waals surface area contributed by atoms with Crippen LogP contribution < -0.4 is 0 Å². The molecule has 0 N–H and O–H groups in total. The number of rotatable bonds is 0. The van der Waals surface area contributed by atoms with Gasteiger partial charge < -0.3 is 20.9 Å². The molecule has 2 heteroatoms. The summed E-state index contributed by atoms with van der Waals surface area (Å²) in [5, 5.41) is 0. The van der Waals surface area contributed by atoms with E-state index in [1.807, 2.05) is 0 Å². The van der Waals surface area contributed by atoms with Crippen molar-refractivity contribution < 1.29 is 18.6 Å². The Morgan fingerprint density at radius 2 is 1.75 bits per heavy atom. The van der Waals surface area contributed by atoms with Crippen LogP contribution in [0.25, 0.3) is 0 Å². The van der Waals surface area contributed by atoms with Gasteiger partial charge in [-0.1, -0.05) is 0 Å². The summed E-state index contributed by atoms with van der Waals surface area (Å²) in [5.74, 6) is 0. The average molecular weight is 157 g/mol. The zero-order chi connectivity index (χ0) is 2.71. The van der Waals surface area contributed by atoms with Crippen LogP contribution in [0.5, 0.6) is 0 Å². The van der Waals surface area contributed by atoms with E-state index in [4.69, 9.17) is 0 Å². The Bertz CT molecular complexity index is 13.5. The van der Waals surface area contributed by atoms with Crippen LogP contribution in [0.4, 0.5) is 0 Å². The van der Waals surface area contributed by atoms with Crippen LogP contribution in [-0.4, -0.2) is 0 Å². The SMILES string of the molecule is C=[C-]Br.[V]. The van der Waals surface area contributed by atoms with Gasteiger partial charge >= 0.3 is 0 Å². The van der Waals surface area contributed by atoms with Crippen LogP contribution in [0.3, 0.4) is 0 Å². The van der Waals surface area contributed by atoms with Gasteiger partial charge in [-0.3, -0.25) is 6.58 Å². The summed E-state index contributed by atoms with van der Waals surface area (Å²) in [4.78, 5) is 2.31. The third-order valence-corrected chi connectivity index (χ3v) is 0. The maximum absolute atomic E-state index is 3.15. The maximum atomic E-state index is 3.15. The van der Waals surface area contributed by atoms with Gasteiger partial charge in [0.25, 0.3) is 0 Å². The quantitative estimate of drug-likeness (QED) is 0.465. The van der Waals surface area contributed by atoms with E-state index < -0.39 is 0 Å². The first-order valence-corrected chi connectivity index (χ1v) is 1.34. The van der Waals surface area contributed by atoms with E-state index in [1.165, 1.54) is 0 Å². The zero-order valence-corrected chi connectivity index (χ0v) is 5.01. The van der Waals surface area contributed by atoms with Crippen molar-refractivity contribution in [1.82, 2.24) is 0 Å². The summed E-state index contributed by atoms with van der Waals surface area (Å²) in [6.07, 6.45) is 0. The minimum atomic E-state index is 0. The van der Waals surface area contributed by atoms with Crippen LogP contribution in [-0.2, 0) is 18.6 Å². The molecule has 0 amide bonds. The smallest absolute Gasteiger partial charge is 0 e. The van der Waals surface area contributed by atoms with Crippen molar-refractivity contribution in [3.63, 3.8) is 0 Å². The van der Waals surface area contributed by atoms with E-state index in [1.54, 1.807) is 0 Å². The molecule has 4 heavy (non-hydrogen) atoms. The normalized spacial score (nSPS) is 3.25. The standard InChI is InChI=1S/C2H2Br.V/c1-2-3;/h1H2;/q-1;. The summed E-state index contributed by atoms with van der Waals surface area (Å²) < 4.78 is 0. The summed E-state index contributed by atoms with van der Waals surface area (Å²) in [6, 6.07) is 0. The van der Waals surface area contributed by atoms with E-state index in [2.05, 4.69) is 27.5 Å². The van der Waals surface area contributed by atoms with Gasteiger partial charge in [0, 0.05) is 18.6 Å². The van der Waals surface area contributed by atoms with Crippen molar-refractivity contribution in [3.8, 4) is 0 Å². The molecule has 0 aromatic heterocycles. The first-order chi connectivity index (χ1) is 1.41. The van der Waals surface area contributed by atoms with Crippen LogP contribution in [0.1, 0.15) is 0 Å². The molecule has 0 saturated heterocycles. The Kier molecular flexibility index (Phi) is 20.3. The van der Waals surface area contributed by atoms with Crippen LogP contribution in [0.15, 0.2) is 6.58 Å². The molecule has 0 aliphatic rings. The monoisotopic (exact) mass is 156 g/mol. The zero-order valence-electron chi connectivity index (χ0n) is 2.03. The largest absolute Gasteiger partial charge is 0.430 e. The molecule has 0 aromatic carbocycles. The van der Waals surface area contributed by atoms with Gasteiger partial charge in [-0.05, 0) is 0 Å².